The van der Waals surface area contributed by atoms with E-state index in [1.165, 1.54) is 6.92 Å². The summed E-state index contributed by atoms with van der Waals surface area (Å²) in [7, 11) is 0. The van der Waals surface area contributed by atoms with Crippen molar-refractivity contribution in [3.8, 4) is 0 Å². The minimum Gasteiger partial charge on any atom is -0.394 e. The Morgan fingerprint density at radius 3 is 2.20 bits per heavy atom. The molecule has 0 amide bonds. The van der Waals surface area contributed by atoms with Crippen LogP contribution >= 0.6 is 0 Å². The zero-order valence-corrected chi connectivity index (χ0v) is 35.9. The van der Waals surface area contributed by atoms with Crippen LogP contribution in [0.5, 0.6) is 0 Å². The van der Waals surface area contributed by atoms with Crippen molar-refractivity contribution in [3.05, 3.63) is 11.6 Å². The van der Waals surface area contributed by atoms with Crippen molar-refractivity contribution in [1.82, 2.24) is 0 Å². The Morgan fingerprint density at radius 1 is 0.738 bits per heavy atom. The number of allylic oxidation sites excluding steroid dienone is 1. The van der Waals surface area contributed by atoms with Gasteiger partial charge in [0, 0.05) is 24.2 Å². The Balaban J connectivity index is 1.02. The predicted molar refractivity (Wildman–Crippen MR) is 210 cm³/mol. The molecule has 9 aliphatic rings. The molecule has 17 heteroatoms. The first kappa shape index (κ1) is 45.2. The quantitative estimate of drug-likeness (QED) is 0.151. The maximum Gasteiger partial charge on any atom is 0.187 e. The fourth-order valence-electron chi connectivity index (χ4n) is 13.8. The molecule has 9 N–H and O–H groups in total. The van der Waals surface area contributed by atoms with E-state index in [1.54, 1.807) is 0 Å². The molecule has 0 bridgehead atoms. The van der Waals surface area contributed by atoms with Crippen LogP contribution in [0.4, 0.5) is 0 Å². The lowest BCUT2D eigenvalue weighted by Crippen LogP contribution is -2.67. The molecular weight excluding hydrogens is 800 g/mol. The van der Waals surface area contributed by atoms with Crippen molar-refractivity contribution in [2.24, 2.45) is 46.3 Å². The number of rotatable bonds is 7. The molecule has 0 unspecified atom stereocenters. The van der Waals surface area contributed by atoms with Gasteiger partial charge in [-0.15, -0.1) is 0 Å². The van der Waals surface area contributed by atoms with Gasteiger partial charge in [0.2, 0.25) is 0 Å². The van der Waals surface area contributed by atoms with Crippen LogP contribution in [0, 0.1) is 46.3 Å². The second-order valence-corrected chi connectivity index (χ2v) is 20.7. The fraction of sp³-hybridized carbons (Fsp3) is 0.955. The van der Waals surface area contributed by atoms with Crippen LogP contribution in [0.3, 0.4) is 0 Å². The maximum absolute atomic E-state index is 11.7. The molecule has 5 heterocycles. The van der Waals surface area contributed by atoms with Crippen LogP contribution in [-0.2, 0) is 37.9 Å². The molecule has 4 aliphatic carbocycles. The minimum atomic E-state index is -1.77. The van der Waals surface area contributed by atoms with Crippen molar-refractivity contribution in [1.29, 1.82) is 0 Å². The predicted octanol–water partition coefficient (Wildman–Crippen LogP) is -0.176. The van der Waals surface area contributed by atoms with Gasteiger partial charge in [0.05, 0.1) is 44.2 Å². The van der Waals surface area contributed by atoms with Gasteiger partial charge in [-0.05, 0) is 80.5 Å². The van der Waals surface area contributed by atoms with Crippen molar-refractivity contribution in [3.63, 3.8) is 0 Å². The van der Waals surface area contributed by atoms with Gasteiger partial charge in [0.25, 0.3) is 0 Å². The summed E-state index contributed by atoms with van der Waals surface area (Å²) >= 11 is 0. The van der Waals surface area contributed by atoms with Crippen LogP contribution < -0.4 is 0 Å². The van der Waals surface area contributed by atoms with Crippen molar-refractivity contribution in [2.75, 3.05) is 19.8 Å². The lowest BCUT2D eigenvalue weighted by molar-refractivity contribution is -0.393. The van der Waals surface area contributed by atoms with Gasteiger partial charge < -0.3 is 83.9 Å². The number of aliphatic hydroxyl groups excluding tert-OH is 9. The molecular formula is C44H70O17. The third-order valence-corrected chi connectivity index (χ3v) is 17.4. The Bertz CT molecular complexity index is 1590. The van der Waals surface area contributed by atoms with Gasteiger partial charge in [-0.3, -0.25) is 0 Å². The van der Waals surface area contributed by atoms with E-state index in [0.717, 1.165) is 50.7 Å². The Kier molecular flexibility index (Phi) is 12.4. The van der Waals surface area contributed by atoms with Crippen LogP contribution in [0.1, 0.15) is 86.0 Å². The molecule has 5 aliphatic heterocycles. The highest BCUT2D eigenvalue weighted by molar-refractivity contribution is 5.29. The standard InChI is InChI=1S/C44H70O17/c1-18-8-11-44(55-16-18)19(2)30-27(61-44)14-25-23-7-6-21-12-22(46)13-29(43(21,5)24(23)9-10-42(25,30)4)58-41-38(60-40-36(53)34(51)31(48)20(3)56-40)37(33(50)28(15-45)57-41)59-39-35(52)32(49)26(47)17-54-39/h6,18-20,22-41,45-53H,7-17H2,1-5H3/t18-,19+,20-,22-,23-,24+,25+,26-,27+,28-,29-,30+,31+,32+,33-,34+,35-,36-,37+,38-,39+,40+,41+,42+,43+,44-/m1/s1. The van der Waals surface area contributed by atoms with Gasteiger partial charge in [-0.2, -0.15) is 0 Å². The van der Waals surface area contributed by atoms with Gasteiger partial charge in [0.15, 0.2) is 24.7 Å². The lowest BCUT2D eigenvalue weighted by atomic mass is 9.46. The Morgan fingerprint density at radius 2 is 1.48 bits per heavy atom. The molecule has 0 aromatic carbocycles. The van der Waals surface area contributed by atoms with Crippen LogP contribution in [0.25, 0.3) is 0 Å². The van der Waals surface area contributed by atoms with E-state index in [1.807, 2.05) is 0 Å². The van der Waals surface area contributed by atoms with Gasteiger partial charge in [-0.1, -0.05) is 39.3 Å². The van der Waals surface area contributed by atoms with E-state index in [-0.39, 0.29) is 29.8 Å². The maximum atomic E-state index is 11.7. The summed E-state index contributed by atoms with van der Waals surface area (Å²) in [6.07, 6.45) is -14.0. The molecule has 8 fully saturated rings. The number of hydrogen-bond acceptors (Lipinski definition) is 17. The van der Waals surface area contributed by atoms with Crippen LogP contribution in [-0.4, -0.2) is 176 Å². The SMILES string of the molecule is C[C@@H]1CC[C@@]2(OC1)O[C@H]1C[C@H]3[C@@H]4CC=C5C[C@@H](O)C[C@@H](O[C@@H]6O[C@H](CO)[C@@H](O)[C@H](O[C@@H]7OC[C@@H](O)[C@H](O)[C@H]7O)[C@H]6O[C@@H]6O[C@H](C)[C@H](O)[C@H](O)[C@H]6O)[C@]5(C)[C@H]4CC[C@]3(C)[C@H]1[C@@H]2C. The number of fused-ring (bicyclic) bond motifs is 7. The molecule has 0 aromatic rings. The third-order valence-electron chi connectivity index (χ3n) is 17.4. The summed E-state index contributed by atoms with van der Waals surface area (Å²) in [6, 6.07) is 0. The van der Waals surface area contributed by atoms with Crippen molar-refractivity contribution < 1.29 is 83.9 Å². The van der Waals surface area contributed by atoms with E-state index in [9.17, 15) is 46.0 Å². The number of aliphatic hydroxyl groups is 9. The summed E-state index contributed by atoms with van der Waals surface area (Å²) in [6.45, 7) is 10.3. The Hall–Kier alpha value is -0.940. The van der Waals surface area contributed by atoms with E-state index < -0.39 is 123 Å². The van der Waals surface area contributed by atoms with Gasteiger partial charge in [0.1, 0.15) is 61.0 Å². The summed E-state index contributed by atoms with van der Waals surface area (Å²) < 4.78 is 50.8. The molecule has 9 rings (SSSR count). The van der Waals surface area contributed by atoms with Crippen LogP contribution in [0.15, 0.2) is 11.6 Å². The largest absolute Gasteiger partial charge is 0.394 e. The van der Waals surface area contributed by atoms with E-state index in [0.29, 0.717) is 30.1 Å². The van der Waals surface area contributed by atoms with Crippen molar-refractivity contribution >= 4 is 0 Å². The highest BCUT2D eigenvalue weighted by atomic mass is 16.8. The zero-order valence-electron chi connectivity index (χ0n) is 35.9. The highest BCUT2D eigenvalue weighted by Gasteiger charge is 2.70. The molecule has 17 nitrogen and oxygen atoms in total. The topological polar surface area (TPSA) is 256 Å². The third kappa shape index (κ3) is 7.32. The fourth-order valence-corrected chi connectivity index (χ4v) is 13.8. The summed E-state index contributed by atoms with van der Waals surface area (Å²) in [5, 5.41) is 97.4. The molecule has 0 radical (unpaired) electrons. The number of ether oxygens (including phenoxy) is 8. The molecule has 3 saturated carbocycles. The first-order chi connectivity index (χ1) is 28.9. The zero-order chi connectivity index (χ0) is 43.5. The van der Waals surface area contributed by atoms with E-state index in [2.05, 4.69) is 33.8 Å². The molecule has 61 heavy (non-hydrogen) atoms. The molecule has 1 spiro atoms. The second kappa shape index (κ2) is 16.7. The summed E-state index contributed by atoms with van der Waals surface area (Å²) in [5.41, 5.74) is 0.542. The minimum absolute atomic E-state index is 0.0410. The normalized spacial score (nSPS) is 58.4. The van der Waals surface area contributed by atoms with E-state index in [4.69, 9.17) is 37.9 Å². The average Bonchev–Trinajstić information content (AvgIpc) is 3.68. The lowest BCUT2D eigenvalue weighted by Gasteiger charge is -2.61. The number of hydrogen-bond donors (Lipinski definition) is 9. The van der Waals surface area contributed by atoms with Crippen LogP contribution in [0.2, 0.25) is 0 Å². The first-order valence-corrected chi connectivity index (χ1v) is 22.9. The Labute approximate surface area is 357 Å². The summed E-state index contributed by atoms with van der Waals surface area (Å²) in [5.74, 6) is 1.47. The smallest absolute Gasteiger partial charge is 0.187 e. The highest BCUT2D eigenvalue weighted by Crippen LogP contribution is 2.71. The van der Waals surface area contributed by atoms with Gasteiger partial charge in [-0.25, -0.2) is 0 Å². The van der Waals surface area contributed by atoms with E-state index >= 15 is 0 Å². The summed E-state index contributed by atoms with van der Waals surface area (Å²) in [4.78, 5) is 0. The first-order valence-electron chi connectivity index (χ1n) is 22.9. The molecule has 0 aromatic heterocycles. The van der Waals surface area contributed by atoms with Gasteiger partial charge >= 0.3 is 0 Å². The molecule has 26 atom stereocenters. The monoisotopic (exact) mass is 870 g/mol. The second-order valence-electron chi connectivity index (χ2n) is 20.7. The average molecular weight is 871 g/mol. The molecule has 348 valence electrons. The van der Waals surface area contributed by atoms with Crippen molar-refractivity contribution in [2.45, 2.75) is 196 Å². The molecule has 5 saturated heterocycles.